The third kappa shape index (κ3) is 3.24. The highest BCUT2D eigenvalue weighted by molar-refractivity contribution is 7.89. The fourth-order valence-corrected chi connectivity index (χ4v) is 4.76. The van der Waals surface area contributed by atoms with Gasteiger partial charge in [0.05, 0.1) is 4.90 Å². The fraction of sp³-hybridized carbons (Fsp3) is 0.625. The summed E-state index contributed by atoms with van der Waals surface area (Å²) >= 11 is 0. The van der Waals surface area contributed by atoms with E-state index in [1.54, 1.807) is 6.07 Å². The molecule has 1 aromatic carbocycles. The highest BCUT2D eigenvalue weighted by Gasteiger charge is 2.33. The van der Waals surface area contributed by atoms with Crippen LogP contribution in [0.2, 0.25) is 0 Å². The molecule has 1 heterocycles. The van der Waals surface area contributed by atoms with E-state index in [0.29, 0.717) is 4.90 Å². The lowest BCUT2D eigenvalue weighted by Gasteiger charge is -2.20. The first kappa shape index (κ1) is 14.9. The van der Waals surface area contributed by atoms with Gasteiger partial charge in [-0.1, -0.05) is 13.8 Å². The summed E-state index contributed by atoms with van der Waals surface area (Å²) in [4.78, 5) is 0.398. The molecule has 5 heteroatoms. The molecule has 0 aromatic heterocycles. The molecule has 2 N–H and O–H groups in total. The number of fused-ring (bicyclic) bond motifs is 1. The number of benzene rings is 1. The maximum atomic E-state index is 12.6. The minimum atomic E-state index is -3.41. The van der Waals surface area contributed by atoms with Crippen LogP contribution in [-0.4, -0.2) is 21.0 Å². The molecule has 1 atom stereocenters. The van der Waals surface area contributed by atoms with Crippen molar-refractivity contribution < 1.29 is 8.42 Å². The van der Waals surface area contributed by atoms with Crippen LogP contribution in [0.3, 0.4) is 0 Å². The summed E-state index contributed by atoms with van der Waals surface area (Å²) in [7, 11) is -3.41. The number of rotatable bonds is 3. The number of nitrogens with one attached hydrogen (secondary N) is 2. The van der Waals surface area contributed by atoms with Gasteiger partial charge in [-0.05, 0) is 61.3 Å². The summed E-state index contributed by atoms with van der Waals surface area (Å²) in [5.41, 5.74) is 2.42. The first-order valence-electron chi connectivity index (χ1n) is 7.75. The van der Waals surface area contributed by atoms with Gasteiger partial charge in [0.15, 0.2) is 0 Å². The fourth-order valence-electron chi connectivity index (χ4n) is 3.44. The molecular formula is C16H24N2O2S. The summed E-state index contributed by atoms with van der Waals surface area (Å²) in [6.45, 7) is 5.37. The largest absolute Gasteiger partial charge is 0.385 e. The molecule has 0 amide bonds. The Kier molecular flexibility index (Phi) is 3.74. The first-order valence-corrected chi connectivity index (χ1v) is 9.23. The van der Waals surface area contributed by atoms with Crippen molar-refractivity contribution in [1.82, 2.24) is 4.72 Å². The van der Waals surface area contributed by atoms with Crippen molar-refractivity contribution in [2.45, 2.75) is 56.9 Å². The lowest BCUT2D eigenvalue weighted by Crippen LogP contribution is -2.33. The highest BCUT2D eigenvalue weighted by Crippen LogP contribution is 2.37. The van der Waals surface area contributed by atoms with Gasteiger partial charge in [-0.25, -0.2) is 13.1 Å². The zero-order valence-corrected chi connectivity index (χ0v) is 13.6. The van der Waals surface area contributed by atoms with Gasteiger partial charge in [-0.2, -0.15) is 0 Å². The van der Waals surface area contributed by atoms with E-state index in [1.807, 2.05) is 12.1 Å². The predicted octanol–water partition coefficient (Wildman–Crippen LogP) is 2.90. The molecule has 21 heavy (non-hydrogen) atoms. The average Bonchev–Trinajstić information content (AvgIpc) is 2.76. The van der Waals surface area contributed by atoms with Crippen LogP contribution in [0, 0.1) is 5.41 Å². The zero-order valence-electron chi connectivity index (χ0n) is 12.8. The highest BCUT2D eigenvalue weighted by atomic mass is 32.2. The molecule has 0 bridgehead atoms. The lowest BCUT2D eigenvalue weighted by molar-refractivity contribution is 0.372. The molecule has 2 aliphatic rings. The molecule has 3 rings (SSSR count). The number of anilines is 1. The van der Waals surface area contributed by atoms with Crippen molar-refractivity contribution in [2.75, 3.05) is 11.9 Å². The van der Waals surface area contributed by atoms with Gasteiger partial charge in [0.2, 0.25) is 10.0 Å². The second kappa shape index (κ2) is 5.29. The topological polar surface area (TPSA) is 58.2 Å². The first-order chi connectivity index (χ1) is 9.86. The van der Waals surface area contributed by atoms with Crippen molar-refractivity contribution >= 4 is 15.7 Å². The smallest absolute Gasteiger partial charge is 0.240 e. The molecule has 1 saturated carbocycles. The minimum Gasteiger partial charge on any atom is -0.385 e. The third-order valence-corrected chi connectivity index (χ3v) is 6.13. The standard InChI is InChI=1S/C16H24N2O2S/c1-16(2)8-7-13(11-16)18-21(19,20)14-5-6-15-12(10-14)4-3-9-17-15/h5-6,10,13,17-18H,3-4,7-9,11H2,1-2H3. The summed E-state index contributed by atoms with van der Waals surface area (Å²) < 4.78 is 28.0. The Balaban J connectivity index is 1.79. The number of sulfonamides is 1. The van der Waals surface area contributed by atoms with Gasteiger partial charge >= 0.3 is 0 Å². The molecule has 1 fully saturated rings. The van der Waals surface area contributed by atoms with E-state index < -0.39 is 10.0 Å². The normalized spacial score (nSPS) is 24.4. The Labute approximate surface area is 127 Å². The van der Waals surface area contributed by atoms with Gasteiger partial charge in [-0.15, -0.1) is 0 Å². The zero-order chi connectivity index (χ0) is 15.1. The van der Waals surface area contributed by atoms with Crippen LogP contribution in [0.5, 0.6) is 0 Å². The van der Waals surface area contributed by atoms with Gasteiger partial charge in [0.25, 0.3) is 0 Å². The molecule has 0 radical (unpaired) electrons. The lowest BCUT2D eigenvalue weighted by atomic mass is 9.92. The van der Waals surface area contributed by atoms with Crippen molar-refractivity contribution in [1.29, 1.82) is 0 Å². The Morgan fingerprint density at radius 1 is 1.33 bits per heavy atom. The number of hydrogen-bond acceptors (Lipinski definition) is 3. The van der Waals surface area contributed by atoms with Gasteiger partial charge in [-0.3, -0.25) is 0 Å². The van der Waals surface area contributed by atoms with Crippen LogP contribution >= 0.6 is 0 Å². The molecule has 116 valence electrons. The van der Waals surface area contributed by atoms with Crippen LogP contribution < -0.4 is 10.0 Å². The van der Waals surface area contributed by atoms with Gasteiger partial charge in [0, 0.05) is 18.3 Å². The van der Waals surface area contributed by atoms with Crippen molar-refractivity contribution in [2.24, 2.45) is 5.41 Å². The van der Waals surface area contributed by atoms with Crippen LogP contribution in [0.25, 0.3) is 0 Å². The summed E-state index contributed by atoms with van der Waals surface area (Å²) in [5, 5.41) is 3.31. The van der Waals surface area contributed by atoms with Crippen molar-refractivity contribution in [3.63, 3.8) is 0 Å². The maximum absolute atomic E-state index is 12.6. The Hall–Kier alpha value is -1.07. The van der Waals surface area contributed by atoms with Crippen LogP contribution in [0.15, 0.2) is 23.1 Å². The SMILES string of the molecule is CC1(C)CCC(NS(=O)(=O)c2ccc3c(c2)CCCN3)C1. The Morgan fingerprint density at radius 2 is 2.14 bits per heavy atom. The van der Waals surface area contributed by atoms with Crippen LogP contribution in [0.4, 0.5) is 5.69 Å². The van der Waals surface area contributed by atoms with E-state index in [1.165, 1.54) is 0 Å². The van der Waals surface area contributed by atoms with E-state index in [-0.39, 0.29) is 11.5 Å². The van der Waals surface area contributed by atoms with Crippen molar-refractivity contribution in [3.8, 4) is 0 Å². The average molecular weight is 308 g/mol. The van der Waals surface area contributed by atoms with Crippen LogP contribution in [0.1, 0.15) is 45.1 Å². The molecule has 1 aliphatic carbocycles. The second-order valence-electron chi connectivity index (χ2n) is 7.07. The summed E-state index contributed by atoms with van der Waals surface area (Å²) in [6.07, 6.45) is 4.93. The number of aryl methyl sites for hydroxylation is 1. The van der Waals surface area contributed by atoms with E-state index in [9.17, 15) is 8.42 Å². The monoisotopic (exact) mass is 308 g/mol. The van der Waals surface area contributed by atoms with E-state index in [2.05, 4.69) is 23.9 Å². The second-order valence-corrected chi connectivity index (χ2v) is 8.79. The third-order valence-electron chi connectivity index (χ3n) is 4.62. The predicted molar refractivity (Wildman–Crippen MR) is 85.0 cm³/mol. The van der Waals surface area contributed by atoms with E-state index in [4.69, 9.17) is 0 Å². The summed E-state index contributed by atoms with van der Waals surface area (Å²) in [6, 6.07) is 5.49. The quantitative estimate of drug-likeness (QED) is 0.902. The molecular weight excluding hydrogens is 284 g/mol. The summed E-state index contributed by atoms with van der Waals surface area (Å²) in [5.74, 6) is 0. The maximum Gasteiger partial charge on any atom is 0.240 e. The van der Waals surface area contributed by atoms with Crippen LogP contribution in [-0.2, 0) is 16.4 Å². The Bertz CT molecular complexity index is 638. The van der Waals surface area contributed by atoms with E-state index >= 15 is 0 Å². The molecule has 4 nitrogen and oxygen atoms in total. The molecule has 0 spiro atoms. The van der Waals surface area contributed by atoms with Crippen molar-refractivity contribution in [3.05, 3.63) is 23.8 Å². The minimum absolute atomic E-state index is 0.0687. The van der Waals surface area contributed by atoms with Gasteiger partial charge < -0.3 is 5.32 Å². The molecule has 1 aromatic rings. The molecule has 1 unspecified atom stereocenters. The molecule has 1 aliphatic heterocycles. The van der Waals surface area contributed by atoms with Gasteiger partial charge in [0.1, 0.15) is 0 Å². The number of hydrogen-bond donors (Lipinski definition) is 2. The molecule has 0 saturated heterocycles. The Morgan fingerprint density at radius 3 is 2.86 bits per heavy atom. The van der Waals surface area contributed by atoms with E-state index in [0.717, 1.165) is 49.9 Å².